The highest BCUT2D eigenvalue weighted by Crippen LogP contribution is 2.24. The average molecular weight is 225 g/mol. The van der Waals surface area contributed by atoms with E-state index in [0.29, 0.717) is 6.42 Å². The summed E-state index contributed by atoms with van der Waals surface area (Å²) in [6.45, 7) is 0.723. The first kappa shape index (κ1) is 11.4. The minimum atomic E-state index is -0.328. The van der Waals surface area contributed by atoms with Gasteiger partial charge in [0.25, 0.3) is 0 Å². The molecule has 2 rings (SSSR count). The van der Waals surface area contributed by atoms with E-state index >= 15 is 0 Å². The van der Waals surface area contributed by atoms with Crippen LogP contribution in [-0.4, -0.2) is 42.4 Å². The van der Waals surface area contributed by atoms with Crippen LogP contribution in [0.5, 0.6) is 0 Å². The molecule has 0 radical (unpaired) electrons. The maximum Gasteiger partial charge on any atom is 0.244 e. The fraction of sp³-hybridized carbons (Fsp3) is 0.818. The molecule has 1 aliphatic carbocycles. The van der Waals surface area contributed by atoms with E-state index in [1.807, 2.05) is 0 Å². The average Bonchev–Trinajstić information content (AvgIpc) is 2.79. The lowest BCUT2D eigenvalue weighted by Gasteiger charge is -2.18. The molecule has 2 fully saturated rings. The van der Waals surface area contributed by atoms with Gasteiger partial charge in [-0.2, -0.15) is 0 Å². The lowest BCUT2D eigenvalue weighted by molar-refractivity contribution is -0.133. The molecule has 3 N–H and O–H groups in total. The number of nitrogens with one attached hydrogen (secondary N) is 1. The molecule has 5 nitrogen and oxygen atoms in total. The molecule has 2 amide bonds. The molecule has 1 saturated heterocycles. The first-order valence-corrected chi connectivity index (χ1v) is 5.90. The summed E-state index contributed by atoms with van der Waals surface area (Å²) < 4.78 is 0. The van der Waals surface area contributed by atoms with Crippen molar-refractivity contribution in [3.8, 4) is 0 Å². The Morgan fingerprint density at radius 2 is 2.19 bits per heavy atom. The second-order valence-corrected chi connectivity index (χ2v) is 4.81. The fourth-order valence-corrected chi connectivity index (χ4v) is 2.55. The van der Waals surface area contributed by atoms with Crippen molar-refractivity contribution in [2.75, 3.05) is 13.6 Å². The zero-order valence-corrected chi connectivity index (χ0v) is 9.61. The van der Waals surface area contributed by atoms with Gasteiger partial charge in [0, 0.05) is 19.6 Å². The van der Waals surface area contributed by atoms with Crippen molar-refractivity contribution in [2.45, 2.75) is 37.8 Å². The highest BCUT2D eigenvalue weighted by Gasteiger charge is 2.35. The SMILES string of the molecule is CN1CCC(NC(=O)C2CCCC2N)C1=O. The van der Waals surface area contributed by atoms with Crippen LogP contribution in [0.2, 0.25) is 0 Å². The van der Waals surface area contributed by atoms with Crippen molar-refractivity contribution in [1.29, 1.82) is 0 Å². The molecule has 90 valence electrons. The molecule has 1 aliphatic heterocycles. The van der Waals surface area contributed by atoms with E-state index in [0.717, 1.165) is 25.8 Å². The quantitative estimate of drug-likeness (QED) is 0.663. The highest BCUT2D eigenvalue weighted by atomic mass is 16.2. The Labute approximate surface area is 95.3 Å². The molecular weight excluding hydrogens is 206 g/mol. The zero-order chi connectivity index (χ0) is 11.7. The van der Waals surface area contributed by atoms with Crippen LogP contribution in [0.15, 0.2) is 0 Å². The summed E-state index contributed by atoms with van der Waals surface area (Å²) in [5.74, 6) is -0.128. The number of likely N-dealkylation sites (tertiary alicyclic amines) is 1. The summed E-state index contributed by atoms with van der Waals surface area (Å²) in [5.41, 5.74) is 5.86. The summed E-state index contributed by atoms with van der Waals surface area (Å²) in [5, 5.41) is 2.82. The van der Waals surface area contributed by atoms with Gasteiger partial charge in [-0.15, -0.1) is 0 Å². The van der Waals surface area contributed by atoms with E-state index in [4.69, 9.17) is 5.73 Å². The van der Waals surface area contributed by atoms with Crippen LogP contribution in [0.25, 0.3) is 0 Å². The Balaban J connectivity index is 1.90. The van der Waals surface area contributed by atoms with Gasteiger partial charge >= 0.3 is 0 Å². The predicted molar refractivity (Wildman–Crippen MR) is 59.5 cm³/mol. The Hall–Kier alpha value is -1.10. The number of amides is 2. The van der Waals surface area contributed by atoms with E-state index < -0.39 is 0 Å². The number of carbonyl (C=O) groups excluding carboxylic acids is 2. The molecule has 0 spiro atoms. The molecule has 0 aromatic carbocycles. The van der Waals surface area contributed by atoms with Crippen molar-refractivity contribution < 1.29 is 9.59 Å². The van der Waals surface area contributed by atoms with E-state index in [1.54, 1.807) is 11.9 Å². The lowest BCUT2D eigenvalue weighted by atomic mass is 10.0. The number of rotatable bonds is 2. The standard InChI is InChI=1S/C11H19N3O2/c1-14-6-5-9(11(14)16)13-10(15)7-3-2-4-8(7)12/h7-9H,2-6,12H2,1H3,(H,13,15). The van der Waals surface area contributed by atoms with Gasteiger partial charge in [0.2, 0.25) is 11.8 Å². The number of likely N-dealkylation sites (N-methyl/N-ethyl adjacent to an activating group) is 1. The highest BCUT2D eigenvalue weighted by molar-refractivity contribution is 5.90. The lowest BCUT2D eigenvalue weighted by Crippen LogP contribution is -2.46. The Kier molecular flexibility index (Phi) is 3.14. The Morgan fingerprint density at radius 1 is 1.44 bits per heavy atom. The summed E-state index contributed by atoms with van der Waals surface area (Å²) in [7, 11) is 1.76. The van der Waals surface area contributed by atoms with Crippen LogP contribution in [0, 0.1) is 5.92 Å². The first-order valence-electron chi connectivity index (χ1n) is 5.90. The van der Waals surface area contributed by atoms with Crippen LogP contribution in [0.4, 0.5) is 0 Å². The second-order valence-electron chi connectivity index (χ2n) is 4.81. The van der Waals surface area contributed by atoms with Gasteiger partial charge in [-0.3, -0.25) is 9.59 Å². The van der Waals surface area contributed by atoms with Crippen LogP contribution >= 0.6 is 0 Å². The van der Waals surface area contributed by atoms with E-state index in [1.165, 1.54) is 0 Å². The second kappa shape index (κ2) is 4.41. The van der Waals surface area contributed by atoms with Gasteiger partial charge in [-0.1, -0.05) is 6.42 Å². The van der Waals surface area contributed by atoms with Crippen molar-refractivity contribution in [3.05, 3.63) is 0 Å². The molecule has 5 heteroatoms. The van der Waals surface area contributed by atoms with Gasteiger partial charge in [0.05, 0.1) is 5.92 Å². The maximum atomic E-state index is 11.9. The van der Waals surface area contributed by atoms with E-state index in [9.17, 15) is 9.59 Å². The Morgan fingerprint density at radius 3 is 2.69 bits per heavy atom. The molecule has 0 aromatic heterocycles. The van der Waals surface area contributed by atoms with Gasteiger partial charge in [0.1, 0.15) is 6.04 Å². The molecule has 1 saturated carbocycles. The third-order valence-corrected chi connectivity index (χ3v) is 3.65. The van der Waals surface area contributed by atoms with Gasteiger partial charge < -0.3 is 16.0 Å². The third kappa shape index (κ3) is 2.04. The van der Waals surface area contributed by atoms with Gasteiger partial charge in [-0.05, 0) is 19.3 Å². The summed E-state index contributed by atoms with van der Waals surface area (Å²) >= 11 is 0. The normalized spacial score (nSPS) is 34.5. The minimum absolute atomic E-state index is 0.0138. The maximum absolute atomic E-state index is 11.9. The first-order chi connectivity index (χ1) is 7.59. The van der Waals surface area contributed by atoms with Gasteiger partial charge in [0.15, 0.2) is 0 Å². The molecule has 16 heavy (non-hydrogen) atoms. The van der Waals surface area contributed by atoms with Crippen molar-refractivity contribution >= 4 is 11.8 Å². The van der Waals surface area contributed by atoms with Crippen molar-refractivity contribution in [1.82, 2.24) is 10.2 Å². The monoisotopic (exact) mass is 225 g/mol. The molecule has 1 heterocycles. The molecule has 0 aromatic rings. The number of hydrogen-bond donors (Lipinski definition) is 2. The smallest absolute Gasteiger partial charge is 0.244 e. The van der Waals surface area contributed by atoms with Crippen molar-refractivity contribution in [3.63, 3.8) is 0 Å². The third-order valence-electron chi connectivity index (χ3n) is 3.65. The Bertz CT molecular complexity index is 306. The number of hydrogen-bond acceptors (Lipinski definition) is 3. The number of nitrogens with zero attached hydrogens (tertiary/aromatic N) is 1. The predicted octanol–water partition coefficient (Wildman–Crippen LogP) is -0.539. The molecular formula is C11H19N3O2. The minimum Gasteiger partial charge on any atom is -0.344 e. The van der Waals surface area contributed by atoms with Crippen LogP contribution in [0.1, 0.15) is 25.7 Å². The topological polar surface area (TPSA) is 75.4 Å². The molecule has 3 atom stereocenters. The number of carbonyl (C=O) groups is 2. The van der Waals surface area contributed by atoms with Crippen LogP contribution in [-0.2, 0) is 9.59 Å². The van der Waals surface area contributed by atoms with E-state index in [-0.39, 0.29) is 29.8 Å². The molecule has 0 bridgehead atoms. The molecule has 2 aliphatic rings. The van der Waals surface area contributed by atoms with E-state index in [2.05, 4.69) is 5.32 Å². The summed E-state index contributed by atoms with van der Waals surface area (Å²) in [4.78, 5) is 25.2. The van der Waals surface area contributed by atoms with Crippen LogP contribution < -0.4 is 11.1 Å². The van der Waals surface area contributed by atoms with Crippen molar-refractivity contribution in [2.24, 2.45) is 11.7 Å². The van der Waals surface area contributed by atoms with Gasteiger partial charge in [-0.25, -0.2) is 0 Å². The fourth-order valence-electron chi connectivity index (χ4n) is 2.55. The largest absolute Gasteiger partial charge is 0.344 e. The van der Waals surface area contributed by atoms with Crippen LogP contribution in [0.3, 0.4) is 0 Å². The summed E-state index contributed by atoms with van der Waals surface area (Å²) in [6.07, 6.45) is 3.49. The zero-order valence-electron chi connectivity index (χ0n) is 9.61. The number of nitrogens with two attached hydrogens (primary N) is 1. The molecule has 3 unspecified atom stereocenters. The summed E-state index contributed by atoms with van der Waals surface area (Å²) in [6, 6.07) is -0.362.